The van der Waals surface area contributed by atoms with E-state index in [0.717, 1.165) is 18.4 Å². The lowest BCUT2D eigenvalue weighted by atomic mass is 9.84. The zero-order chi connectivity index (χ0) is 15.0. The van der Waals surface area contributed by atoms with Gasteiger partial charge in [-0.3, -0.25) is 4.79 Å². The van der Waals surface area contributed by atoms with Crippen molar-refractivity contribution in [3.63, 3.8) is 0 Å². The van der Waals surface area contributed by atoms with E-state index in [0.29, 0.717) is 13.0 Å². The highest BCUT2D eigenvalue weighted by atomic mass is 16.3. The zero-order valence-electron chi connectivity index (χ0n) is 12.4. The first kappa shape index (κ1) is 16.7. The normalized spacial score (nSPS) is 13.0. The van der Waals surface area contributed by atoms with Crippen LogP contribution in [0.5, 0.6) is 0 Å². The zero-order valence-corrected chi connectivity index (χ0v) is 12.4. The van der Waals surface area contributed by atoms with Crippen LogP contribution in [0.4, 0.5) is 0 Å². The summed E-state index contributed by atoms with van der Waals surface area (Å²) in [4.78, 5) is 12.0. The molecule has 112 valence electrons. The Labute approximate surface area is 121 Å². The van der Waals surface area contributed by atoms with Gasteiger partial charge in [-0.25, -0.2) is 0 Å². The molecular formula is C16H26N2O2. The minimum absolute atomic E-state index is 0.0296. The number of aliphatic hydroxyl groups is 1. The molecule has 1 unspecified atom stereocenters. The molecule has 1 aromatic carbocycles. The Bertz CT molecular complexity index is 404. The van der Waals surface area contributed by atoms with Crippen LogP contribution >= 0.6 is 0 Å². The van der Waals surface area contributed by atoms with Crippen molar-refractivity contribution >= 4 is 5.91 Å². The molecule has 0 radical (unpaired) electrons. The van der Waals surface area contributed by atoms with Crippen LogP contribution in [-0.2, 0) is 4.79 Å². The van der Waals surface area contributed by atoms with E-state index in [-0.39, 0.29) is 24.0 Å². The standard InChI is InChI=1S/C16H26N2O2/c1-16(2,10-11-17)9-8-15(20)18-14(12-19)13-6-4-3-5-7-13/h3-7,14,19H,8-12,17H2,1-2H3,(H,18,20). The monoisotopic (exact) mass is 278 g/mol. The molecule has 4 nitrogen and oxygen atoms in total. The van der Waals surface area contributed by atoms with Gasteiger partial charge in [0.1, 0.15) is 0 Å². The number of amides is 1. The number of rotatable bonds is 8. The van der Waals surface area contributed by atoms with Crippen molar-refractivity contribution in [2.45, 2.75) is 39.2 Å². The number of aliphatic hydroxyl groups excluding tert-OH is 1. The van der Waals surface area contributed by atoms with Crippen LogP contribution in [0.1, 0.15) is 44.7 Å². The number of hydrogen-bond donors (Lipinski definition) is 3. The quantitative estimate of drug-likeness (QED) is 0.680. The number of nitrogens with two attached hydrogens (primary N) is 1. The van der Waals surface area contributed by atoms with Crippen LogP contribution in [0.25, 0.3) is 0 Å². The molecule has 1 rings (SSSR count). The summed E-state index contributed by atoms with van der Waals surface area (Å²) in [7, 11) is 0. The van der Waals surface area contributed by atoms with Gasteiger partial charge in [0.2, 0.25) is 5.91 Å². The molecule has 1 atom stereocenters. The predicted octanol–water partition coefficient (Wildman–Crippen LogP) is 1.99. The molecule has 1 aromatic rings. The van der Waals surface area contributed by atoms with Crippen LogP contribution in [0.2, 0.25) is 0 Å². The molecule has 0 saturated carbocycles. The first-order chi connectivity index (χ1) is 9.48. The Morgan fingerprint density at radius 2 is 1.95 bits per heavy atom. The van der Waals surface area contributed by atoms with E-state index in [4.69, 9.17) is 5.73 Å². The molecule has 0 bridgehead atoms. The van der Waals surface area contributed by atoms with Gasteiger partial charge in [0.15, 0.2) is 0 Å². The van der Waals surface area contributed by atoms with E-state index in [1.54, 1.807) is 0 Å². The van der Waals surface area contributed by atoms with Gasteiger partial charge < -0.3 is 16.2 Å². The van der Waals surface area contributed by atoms with Crippen molar-refractivity contribution in [2.75, 3.05) is 13.2 Å². The molecule has 0 aromatic heterocycles. The van der Waals surface area contributed by atoms with Crippen molar-refractivity contribution in [2.24, 2.45) is 11.1 Å². The summed E-state index contributed by atoms with van der Waals surface area (Å²) >= 11 is 0. The van der Waals surface area contributed by atoms with E-state index in [9.17, 15) is 9.90 Å². The maximum atomic E-state index is 12.0. The number of hydrogen-bond acceptors (Lipinski definition) is 3. The summed E-state index contributed by atoms with van der Waals surface area (Å²) in [6.45, 7) is 4.78. The molecule has 0 fully saturated rings. The first-order valence-corrected chi connectivity index (χ1v) is 7.14. The van der Waals surface area contributed by atoms with Crippen molar-refractivity contribution in [1.29, 1.82) is 0 Å². The number of carbonyl (C=O) groups excluding carboxylic acids is 1. The summed E-state index contributed by atoms with van der Waals surface area (Å²) in [6, 6.07) is 9.18. The first-order valence-electron chi connectivity index (χ1n) is 7.14. The molecule has 20 heavy (non-hydrogen) atoms. The van der Waals surface area contributed by atoms with Crippen molar-refractivity contribution < 1.29 is 9.90 Å². The molecule has 0 saturated heterocycles. The predicted molar refractivity (Wildman–Crippen MR) is 81.1 cm³/mol. The lowest BCUT2D eigenvalue weighted by molar-refractivity contribution is -0.122. The van der Waals surface area contributed by atoms with E-state index < -0.39 is 0 Å². The van der Waals surface area contributed by atoms with Crippen LogP contribution in [0.3, 0.4) is 0 Å². The fourth-order valence-electron chi connectivity index (χ4n) is 2.15. The van der Waals surface area contributed by atoms with Gasteiger partial charge in [-0.05, 0) is 30.4 Å². The van der Waals surface area contributed by atoms with Crippen LogP contribution in [-0.4, -0.2) is 24.2 Å². The Morgan fingerprint density at radius 1 is 1.30 bits per heavy atom. The van der Waals surface area contributed by atoms with Crippen molar-refractivity contribution in [3.05, 3.63) is 35.9 Å². The van der Waals surface area contributed by atoms with E-state index in [1.807, 2.05) is 30.3 Å². The fraction of sp³-hybridized carbons (Fsp3) is 0.562. The van der Waals surface area contributed by atoms with Crippen LogP contribution in [0.15, 0.2) is 30.3 Å². The molecule has 4 heteroatoms. The third-order valence-electron chi connectivity index (χ3n) is 3.57. The molecule has 0 aliphatic heterocycles. The second kappa shape index (κ2) is 8.02. The Kier molecular flexibility index (Phi) is 6.68. The minimum atomic E-state index is -0.332. The summed E-state index contributed by atoms with van der Waals surface area (Å²) in [6.07, 6.45) is 2.15. The number of benzene rings is 1. The summed E-state index contributed by atoms with van der Waals surface area (Å²) in [5, 5.41) is 12.3. The fourth-order valence-corrected chi connectivity index (χ4v) is 2.15. The summed E-state index contributed by atoms with van der Waals surface area (Å²) < 4.78 is 0. The van der Waals surface area contributed by atoms with Gasteiger partial charge in [-0.2, -0.15) is 0 Å². The lowest BCUT2D eigenvalue weighted by Crippen LogP contribution is -2.31. The molecule has 1 amide bonds. The third kappa shape index (κ3) is 5.72. The molecule has 4 N–H and O–H groups in total. The topological polar surface area (TPSA) is 75.4 Å². The SMILES string of the molecule is CC(C)(CCN)CCC(=O)NC(CO)c1ccccc1. The van der Waals surface area contributed by atoms with E-state index in [2.05, 4.69) is 19.2 Å². The molecule has 0 aliphatic rings. The minimum Gasteiger partial charge on any atom is -0.394 e. The van der Waals surface area contributed by atoms with E-state index in [1.165, 1.54) is 0 Å². The molecule has 0 aliphatic carbocycles. The van der Waals surface area contributed by atoms with Crippen molar-refractivity contribution in [3.8, 4) is 0 Å². The average molecular weight is 278 g/mol. The molecular weight excluding hydrogens is 252 g/mol. The molecule has 0 heterocycles. The van der Waals surface area contributed by atoms with Crippen LogP contribution in [0, 0.1) is 5.41 Å². The maximum absolute atomic E-state index is 12.0. The largest absolute Gasteiger partial charge is 0.394 e. The number of carbonyl (C=O) groups is 1. The van der Waals surface area contributed by atoms with Gasteiger partial charge in [0.25, 0.3) is 0 Å². The summed E-state index contributed by atoms with van der Waals surface area (Å²) in [5.41, 5.74) is 6.56. The Hall–Kier alpha value is -1.39. The van der Waals surface area contributed by atoms with Crippen LogP contribution < -0.4 is 11.1 Å². The Balaban J connectivity index is 2.48. The lowest BCUT2D eigenvalue weighted by Gasteiger charge is -2.24. The second-order valence-electron chi connectivity index (χ2n) is 5.92. The highest BCUT2D eigenvalue weighted by Crippen LogP contribution is 2.26. The third-order valence-corrected chi connectivity index (χ3v) is 3.57. The number of nitrogens with one attached hydrogen (secondary N) is 1. The van der Waals surface area contributed by atoms with Gasteiger partial charge in [0, 0.05) is 6.42 Å². The smallest absolute Gasteiger partial charge is 0.220 e. The average Bonchev–Trinajstić information content (AvgIpc) is 2.43. The maximum Gasteiger partial charge on any atom is 0.220 e. The van der Waals surface area contributed by atoms with Gasteiger partial charge >= 0.3 is 0 Å². The van der Waals surface area contributed by atoms with Gasteiger partial charge in [0.05, 0.1) is 12.6 Å². The van der Waals surface area contributed by atoms with E-state index >= 15 is 0 Å². The Morgan fingerprint density at radius 3 is 2.50 bits per heavy atom. The highest BCUT2D eigenvalue weighted by molar-refractivity contribution is 5.76. The molecule has 0 spiro atoms. The van der Waals surface area contributed by atoms with Gasteiger partial charge in [-0.15, -0.1) is 0 Å². The van der Waals surface area contributed by atoms with Crippen molar-refractivity contribution in [1.82, 2.24) is 5.32 Å². The second-order valence-corrected chi connectivity index (χ2v) is 5.92. The van der Waals surface area contributed by atoms with Gasteiger partial charge in [-0.1, -0.05) is 44.2 Å². The highest BCUT2D eigenvalue weighted by Gasteiger charge is 2.19. The summed E-state index contributed by atoms with van der Waals surface area (Å²) in [5.74, 6) is -0.0296.